The van der Waals surface area contributed by atoms with E-state index >= 15 is 0 Å². The van der Waals surface area contributed by atoms with Gasteiger partial charge in [0.25, 0.3) is 0 Å². The molecular weight excluding hydrogens is 442 g/mol. The average molecular weight is 469 g/mol. The Morgan fingerprint density at radius 2 is 1.91 bits per heavy atom. The van der Waals surface area contributed by atoms with Gasteiger partial charge in [0.1, 0.15) is 5.82 Å². The molecule has 0 unspecified atom stereocenters. The van der Waals surface area contributed by atoms with E-state index in [0.717, 1.165) is 36.8 Å². The smallest absolute Gasteiger partial charge is 0.244 e. The fraction of sp³-hybridized carbons (Fsp3) is 0.417. The quantitative estimate of drug-likeness (QED) is 0.568. The number of aromatic nitrogens is 3. The van der Waals surface area contributed by atoms with Crippen LogP contribution in [0, 0.1) is 11.6 Å². The minimum Gasteiger partial charge on any atom is -0.353 e. The van der Waals surface area contributed by atoms with Crippen molar-refractivity contribution in [1.82, 2.24) is 24.9 Å². The zero-order chi connectivity index (χ0) is 23.7. The maximum atomic E-state index is 13.6. The first kappa shape index (κ1) is 22.4. The third kappa shape index (κ3) is 4.63. The average Bonchev–Trinajstić information content (AvgIpc) is 3.51. The highest BCUT2D eigenvalue weighted by atomic mass is 19.2. The summed E-state index contributed by atoms with van der Waals surface area (Å²) in [5.41, 5.74) is 1.51. The molecule has 178 valence electrons. The monoisotopic (exact) mass is 468 g/mol. The molecule has 1 atom stereocenters. The van der Waals surface area contributed by atoms with Gasteiger partial charge >= 0.3 is 0 Å². The number of amides is 1. The second-order valence-electron chi connectivity index (χ2n) is 8.73. The molecule has 8 nitrogen and oxygen atoms in total. The van der Waals surface area contributed by atoms with E-state index in [0.29, 0.717) is 50.0 Å². The summed E-state index contributed by atoms with van der Waals surface area (Å²) in [7, 11) is 0. The van der Waals surface area contributed by atoms with Crippen LogP contribution in [-0.4, -0.2) is 63.6 Å². The molecule has 0 bridgehead atoms. The molecule has 2 saturated heterocycles. The van der Waals surface area contributed by atoms with Gasteiger partial charge in [0.2, 0.25) is 17.6 Å². The van der Waals surface area contributed by atoms with E-state index in [4.69, 9.17) is 4.52 Å². The number of piperazine rings is 1. The molecular formula is C24H26F2N6O2. The fourth-order valence-corrected chi connectivity index (χ4v) is 4.64. The van der Waals surface area contributed by atoms with Crippen LogP contribution in [-0.2, 0) is 11.3 Å². The van der Waals surface area contributed by atoms with Gasteiger partial charge in [-0.3, -0.25) is 9.69 Å². The van der Waals surface area contributed by atoms with Crippen LogP contribution in [0.1, 0.15) is 37.3 Å². The van der Waals surface area contributed by atoms with Crippen LogP contribution >= 0.6 is 0 Å². The minimum absolute atomic E-state index is 0.0738. The maximum absolute atomic E-state index is 13.6. The summed E-state index contributed by atoms with van der Waals surface area (Å²) in [4.78, 5) is 26.8. The second-order valence-corrected chi connectivity index (χ2v) is 8.73. The normalized spacial score (nSPS) is 19.1. The summed E-state index contributed by atoms with van der Waals surface area (Å²) >= 11 is 0. The zero-order valence-electron chi connectivity index (χ0n) is 19.0. The van der Waals surface area contributed by atoms with Crippen molar-refractivity contribution in [2.24, 2.45) is 0 Å². The molecule has 0 saturated carbocycles. The predicted octanol–water partition coefficient (Wildman–Crippen LogP) is 3.42. The summed E-state index contributed by atoms with van der Waals surface area (Å²) in [5.74, 6) is 0.216. The zero-order valence-corrected chi connectivity index (χ0v) is 19.0. The van der Waals surface area contributed by atoms with E-state index in [1.807, 2.05) is 17.0 Å². The van der Waals surface area contributed by atoms with Gasteiger partial charge in [0.15, 0.2) is 11.6 Å². The Bertz CT molecular complexity index is 1180. The Balaban J connectivity index is 1.29. The van der Waals surface area contributed by atoms with E-state index in [1.165, 1.54) is 6.07 Å². The van der Waals surface area contributed by atoms with Gasteiger partial charge in [-0.1, -0.05) is 11.2 Å². The van der Waals surface area contributed by atoms with Crippen LogP contribution in [0.2, 0.25) is 0 Å². The van der Waals surface area contributed by atoms with E-state index in [9.17, 15) is 13.6 Å². The molecule has 2 aromatic heterocycles. The fourth-order valence-electron chi connectivity index (χ4n) is 4.64. The number of likely N-dealkylation sites (tertiary alicyclic amines) is 1. The molecule has 5 rings (SSSR count). The maximum Gasteiger partial charge on any atom is 0.244 e. The molecule has 0 N–H and O–H groups in total. The van der Waals surface area contributed by atoms with Crippen molar-refractivity contribution in [2.75, 3.05) is 37.6 Å². The van der Waals surface area contributed by atoms with Crippen LogP contribution in [0.4, 0.5) is 14.6 Å². The molecule has 10 heteroatoms. The molecule has 2 aliphatic rings. The van der Waals surface area contributed by atoms with Crippen molar-refractivity contribution in [1.29, 1.82) is 0 Å². The Morgan fingerprint density at radius 3 is 2.68 bits per heavy atom. The van der Waals surface area contributed by atoms with Gasteiger partial charge in [-0.05, 0) is 49.2 Å². The van der Waals surface area contributed by atoms with Crippen molar-refractivity contribution < 1.29 is 18.1 Å². The molecule has 0 aliphatic carbocycles. The van der Waals surface area contributed by atoms with Gasteiger partial charge in [0.05, 0.1) is 6.04 Å². The van der Waals surface area contributed by atoms with Crippen LogP contribution < -0.4 is 4.90 Å². The lowest BCUT2D eigenvalue weighted by molar-refractivity contribution is -0.129. The number of rotatable bonds is 5. The van der Waals surface area contributed by atoms with Gasteiger partial charge in [-0.2, -0.15) is 4.98 Å². The number of hydrogen-bond donors (Lipinski definition) is 0. The standard InChI is InChI=1S/C24H26F2N6O2/c1-16(33)30-9-11-31(12-10-30)22-14-18(6-7-27-22)23-28-24(34-29-23)21-3-2-8-32(21)15-17-4-5-19(25)20(26)13-17/h4-7,13-14,21H,2-3,8-12,15H2,1H3/t21-/m0/s1. The molecule has 2 fully saturated rings. The highest BCUT2D eigenvalue weighted by Crippen LogP contribution is 2.33. The number of hydrogen-bond acceptors (Lipinski definition) is 7. The number of anilines is 1. The number of carbonyl (C=O) groups excluding carboxylic acids is 1. The van der Waals surface area contributed by atoms with Gasteiger partial charge < -0.3 is 14.3 Å². The SMILES string of the molecule is CC(=O)N1CCN(c2cc(-c3noc([C@@H]4CCCN4Cc4ccc(F)c(F)c4)n3)ccn2)CC1. The summed E-state index contributed by atoms with van der Waals surface area (Å²) in [6.07, 6.45) is 3.54. The Kier molecular flexibility index (Phi) is 6.23. The summed E-state index contributed by atoms with van der Waals surface area (Å²) < 4.78 is 32.5. The summed E-state index contributed by atoms with van der Waals surface area (Å²) in [6.45, 7) is 5.65. The number of carbonyl (C=O) groups is 1. The first-order valence-corrected chi connectivity index (χ1v) is 11.5. The molecule has 1 amide bonds. The first-order valence-electron chi connectivity index (χ1n) is 11.5. The van der Waals surface area contributed by atoms with Crippen molar-refractivity contribution in [3.63, 3.8) is 0 Å². The van der Waals surface area contributed by atoms with Crippen molar-refractivity contribution in [3.8, 4) is 11.4 Å². The number of pyridine rings is 1. The minimum atomic E-state index is -0.847. The number of nitrogens with zero attached hydrogens (tertiary/aromatic N) is 6. The van der Waals surface area contributed by atoms with Crippen LogP contribution in [0.15, 0.2) is 41.1 Å². The van der Waals surface area contributed by atoms with E-state index in [2.05, 4.69) is 24.9 Å². The molecule has 1 aromatic carbocycles. The van der Waals surface area contributed by atoms with E-state index in [-0.39, 0.29) is 11.9 Å². The largest absolute Gasteiger partial charge is 0.353 e. The molecule has 3 aromatic rings. The lowest BCUT2D eigenvalue weighted by atomic mass is 10.1. The van der Waals surface area contributed by atoms with Crippen molar-refractivity contribution in [2.45, 2.75) is 32.4 Å². The van der Waals surface area contributed by atoms with Gasteiger partial charge in [-0.25, -0.2) is 13.8 Å². The second kappa shape index (κ2) is 9.46. The van der Waals surface area contributed by atoms with Crippen LogP contribution in [0.3, 0.4) is 0 Å². The highest BCUT2D eigenvalue weighted by Gasteiger charge is 2.31. The lowest BCUT2D eigenvalue weighted by Gasteiger charge is -2.34. The molecule has 4 heterocycles. The predicted molar refractivity (Wildman–Crippen MR) is 121 cm³/mol. The topological polar surface area (TPSA) is 78.6 Å². The Labute approximate surface area is 196 Å². The number of benzene rings is 1. The van der Waals surface area contributed by atoms with Crippen LogP contribution in [0.5, 0.6) is 0 Å². The van der Waals surface area contributed by atoms with Crippen LogP contribution in [0.25, 0.3) is 11.4 Å². The first-order chi connectivity index (χ1) is 16.5. The van der Waals surface area contributed by atoms with Crippen molar-refractivity contribution >= 4 is 11.7 Å². The third-order valence-corrected chi connectivity index (χ3v) is 6.51. The third-order valence-electron chi connectivity index (χ3n) is 6.51. The Morgan fingerprint density at radius 1 is 1.09 bits per heavy atom. The highest BCUT2D eigenvalue weighted by molar-refractivity contribution is 5.73. The lowest BCUT2D eigenvalue weighted by Crippen LogP contribution is -2.48. The van der Waals surface area contributed by atoms with Gasteiger partial charge in [0, 0.05) is 51.4 Å². The van der Waals surface area contributed by atoms with E-state index < -0.39 is 11.6 Å². The molecule has 34 heavy (non-hydrogen) atoms. The van der Waals surface area contributed by atoms with Gasteiger partial charge in [-0.15, -0.1) is 0 Å². The number of halogens is 2. The molecule has 2 aliphatic heterocycles. The summed E-state index contributed by atoms with van der Waals surface area (Å²) in [5, 5.41) is 4.20. The van der Waals surface area contributed by atoms with Crippen molar-refractivity contribution in [3.05, 3.63) is 59.6 Å². The summed E-state index contributed by atoms with van der Waals surface area (Å²) in [6, 6.07) is 7.70. The van der Waals surface area contributed by atoms with E-state index in [1.54, 1.807) is 19.2 Å². The molecule has 0 spiro atoms. The Hall–Kier alpha value is -3.40. The molecule has 0 radical (unpaired) electrons.